The van der Waals surface area contributed by atoms with Gasteiger partial charge < -0.3 is 14.7 Å². The number of carbonyl (C=O) groups excluding carboxylic acids is 1. The van der Waals surface area contributed by atoms with Gasteiger partial charge in [-0.2, -0.15) is 0 Å². The van der Waals surface area contributed by atoms with Gasteiger partial charge in [0.25, 0.3) is 0 Å². The summed E-state index contributed by atoms with van der Waals surface area (Å²) >= 11 is 0. The second-order valence-corrected chi connectivity index (χ2v) is 7.89. The first-order chi connectivity index (χ1) is 10.1. The van der Waals surface area contributed by atoms with Gasteiger partial charge in [0.2, 0.25) is 5.91 Å². The fourth-order valence-corrected chi connectivity index (χ4v) is 3.65. The van der Waals surface area contributed by atoms with Crippen molar-refractivity contribution < 1.29 is 19.4 Å². The molecule has 1 aliphatic carbocycles. The first kappa shape index (κ1) is 17.1. The predicted octanol–water partition coefficient (Wildman–Crippen LogP) is 2.04. The molecule has 6 nitrogen and oxygen atoms in total. The monoisotopic (exact) mass is 312 g/mol. The van der Waals surface area contributed by atoms with Crippen LogP contribution in [0.25, 0.3) is 0 Å². The lowest BCUT2D eigenvalue weighted by molar-refractivity contribution is -0.160. The molecule has 1 saturated heterocycles. The van der Waals surface area contributed by atoms with Gasteiger partial charge in [0.1, 0.15) is 0 Å². The molecule has 0 aromatic heterocycles. The highest BCUT2D eigenvalue weighted by Crippen LogP contribution is 2.51. The molecular weight excluding hydrogens is 284 g/mol. The molecule has 0 bridgehead atoms. The number of hydrogen-bond acceptors (Lipinski definition) is 3. The summed E-state index contributed by atoms with van der Waals surface area (Å²) in [6.07, 6.45) is -0.310. The number of nitrogens with zero attached hydrogens (tertiary/aromatic N) is 2. The average molecular weight is 312 g/mol. The summed E-state index contributed by atoms with van der Waals surface area (Å²) in [5, 5.41) is 9.56. The van der Waals surface area contributed by atoms with Crippen LogP contribution in [0.15, 0.2) is 0 Å². The van der Waals surface area contributed by atoms with E-state index >= 15 is 0 Å². The van der Waals surface area contributed by atoms with Crippen molar-refractivity contribution >= 4 is 12.0 Å². The zero-order valence-electron chi connectivity index (χ0n) is 14.3. The number of carbonyl (C=O) groups is 2. The first-order valence-corrected chi connectivity index (χ1v) is 7.95. The highest BCUT2D eigenvalue weighted by molar-refractivity contribution is 5.81. The molecule has 1 aliphatic heterocycles. The molecule has 2 aliphatic rings. The Bertz CT molecular complexity index is 450. The Balaban J connectivity index is 2.11. The lowest BCUT2D eigenvalue weighted by Crippen LogP contribution is -2.67. The smallest absolute Gasteiger partial charge is 0.408 e. The zero-order chi connectivity index (χ0) is 16.7. The fourth-order valence-electron chi connectivity index (χ4n) is 3.65. The van der Waals surface area contributed by atoms with Gasteiger partial charge in [-0.1, -0.05) is 13.8 Å². The van der Waals surface area contributed by atoms with Crippen molar-refractivity contribution in [2.45, 2.75) is 52.6 Å². The molecule has 0 aromatic rings. The van der Waals surface area contributed by atoms with Crippen LogP contribution in [0.1, 0.15) is 41.0 Å². The van der Waals surface area contributed by atoms with Crippen LogP contribution < -0.4 is 0 Å². The van der Waals surface area contributed by atoms with E-state index in [4.69, 9.17) is 4.74 Å². The molecule has 126 valence electrons. The standard InChI is InChI=1S/C16H28N2O4/c1-15(2,3)18(14(20)21)12-10-11(16(12,4)5)13(19)17-6-8-22-9-7-17/h11-12H,6-10H2,1-5H3,(H,20,21)/t11-,12-/m1/s1. The van der Waals surface area contributed by atoms with Gasteiger partial charge in [-0.15, -0.1) is 0 Å². The molecule has 2 fully saturated rings. The normalized spacial score (nSPS) is 28.0. The van der Waals surface area contributed by atoms with Crippen molar-refractivity contribution in [1.29, 1.82) is 0 Å². The number of hydrogen-bond donors (Lipinski definition) is 1. The zero-order valence-corrected chi connectivity index (χ0v) is 14.3. The van der Waals surface area contributed by atoms with Gasteiger partial charge in [-0.05, 0) is 32.6 Å². The predicted molar refractivity (Wildman–Crippen MR) is 82.7 cm³/mol. The van der Waals surface area contributed by atoms with Gasteiger partial charge >= 0.3 is 6.09 Å². The van der Waals surface area contributed by atoms with Crippen molar-refractivity contribution in [3.63, 3.8) is 0 Å². The van der Waals surface area contributed by atoms with Crippen LogP contribution in [0.3, 0.4) is 0 Å². The van der Waals surface area contributed by atoms with Gasteiger partial charge in [0, 0.05) is 30.6 Å². The van der Waals surface area contributed by atoms with Gasteiger partial charge in [-0.25, -0.2) is 4.79 Å². The number of carboxylic acid groups (broad SMARTS) is 1. The van der Waals surface area contributed by atoms with E-state index in [-0.39, 0.29) is 23.3 Å². The lowest BCUT2D eigenvalue weighted by Gasteiger charge is -2.58. The van der Waals surface area contributed by atoms with E-state index < -0.39 is 11.6 Å². The third-order valence-electron chi connectivity index (χ3n) is 5.08. The van der Waals surface area contributed by atoms with Crippen LogP contribution in [0.4, 0.5) is 4.79 Å². The van der Waals surface area contributed by atoms with Crippen LogP contribution in [0, 0.1) is 11.3 Å². The van der Waals surface area contributed by atoms with Gasteiger partial charge in [0.15, 0.2) is 0 Å². The lowest BCUT2D eigenvalue weighted by atomic mass is 9.57. The molecule has 1 heterocycles. The molecule has 0 aromatic carbocycles. The number of ether oxygens (including phenoxy) is 1. The highest BCUT2D eigenvalue weighted by atomic mass is 16.5. The first-order valence-electron chi connectivity index (χ1n) is 7.95. The minimum absolute atomic E-state index is 0.111. The molecule has 2 amide bonds. The fraction of sp³-hybridized carbons (Fsp3) is 0.875. The summed E-state index contributed by atoms with van der Waals surface area (Å²) in [5.74, 6) is 0.0311. The summed E-state index contributed by atoms with van der Waals surface area (Å²) in [6, 6.07) is -0.125. The van der Waals surface area contributed by atoms with Gasteiger partial charge in [0.05, 0.1) is 13.2 Å². The molecule has 1 saturated carbocycles. The van der Waals surface area contributed by atoms with Crippen molar-refractivity contribution in [2.75, 3.05) is 26.3 Å². The Morgan fingerprint density at radius 2 is 1.77 bits per heavy atom. The number of amides is 2. The second kappa shape index (κ2) is 5.72. The maximum Gasteiger partial charge on any atom is 0.408 e. The van der Waals surface area contributed by atoms with E-state index in [1.165, 1.54) is 4.90 Å². The number of morpholine rings is 1. The minimum Gasteiger partial charge on any atom is -0.465 e. The Kier molecular flexibility index (Phi) is 4.44. The summed E-state index contributed by atoms with van der Waals surface area (Å²) in [5.41, 5.74) is -0.818. The van der Waals surface area contributed by atoms with E-state index in [9.17, 15) is 14.7 Å². The Labute approximate surface area is 132 Å². The van der Waals surface area contributed by atoms with E-state index in [2.05, 4.69) is 0 Å². The highest BCUT2D eigenvalue weighted by Gasteiger charge is 2.57. The quantitative estimate of drug-likeness (QED) is 0.847. The minimum atomic E-state index is -0.914. The Morgan fingerprint density at radius 1 is 1.23 bits per heavy atom. The molecular formula is C16H28N2O4. The SMILES string of the molecule is CC1(C)[C@@H](C(=O)N2CCOCC2)C[C@H]1N(C(=O)O)C(C)(C)C. The topological polar surface area (TPSA) is 70.1 Å². The summed E-state index contributed by atoms with van der Waals surface area (Å²) in [6.45, 7) is 12.2. The van der Waals surface area contributed by atoms with Crippen LogP contribution >= 0.6 is 0 Å². The maximum atomic E-state index is 12.7. The average Bonchev–Trinajstić information content (AvgIpc) is 2.41. The van der Waals surface area contributed by atoms with Crippen molar-refractivity contribution in [3.05, 3.63) is 0 Å². The third kappa shape index (κ3) is 2.93. The van der Waals surface area contributed by atoms with E-state index in [0.29, 0.717) is 32.7 Å². The van der Waals surface area contributed by atoms with Crippen molar-refractivity contribution in [1.82, 2.24) is 9.80 Å². The van der Waals surface area contributed by atoms with Crippen molar-refractivity contribution in [2.24, 2.45) is 11.3 Å². The third-order valence-corrected chi connectivity index (χ3v) is 5.08. The molecule has 22 heavy (non-hydrogen) atoms. The molecule has 2 atom stereocenters. The van der Waals surface area contributed by atoms with Crippen LogP contribution in [0.5, 0.6) is 0 Å². The number of rotatable bonds is 2. The van der Waals surface area contributed by atoms with E-state index in [0.717, 1.165) is 0 Å². The second-order valence-electron chi connectivity index (χ2n) is 7.89. The molecule has 2 rings (SSSR count). The van der Waals surface area contributed by atoms with Crippen LogP contribution in [-0.4, -0.2) is 64.8 Å². The maximum absolute atomic E-state index is 12.7. The summed E-state index contributed by atoms with van der Waals surface area (Å²) in [4.78, 5) is 27.7. The molecule has 6 heteroatoms. The molecule has 0 unspecified atom stereocenters. The van der Waals surface area contributed by atoms with Crippen molar-refractivity contribution in [3.8, 4) is 0 Å². The Morgan fingerprint density at radius 3 is 2.18 bits per heavy atom. The molecule has 1 N–H and O–H groups in total. The van der Waals surface area contributed by atoms with E-state index in [1.54, 1.807) is 0 Å². The largest absolute Gasteiger partial charge is 0.465 e. The molecule has 0 radical (unpaired) electrons. The summed E-state index contributed by atoms with van der Waals surface area (Å²) < 4.78 is 5.29. The van der Waals surface area contributed by atoms with Crippen LogP contribution in [0.2, 0.25) is 0 Å². The Hall–Kier alpha value is -1.30. The molecule has 0 spiro atoms. The van der Waals surface area contributed by atoms with E-state index in [1.807, 2.05) is 39.5 Å². The van der Waals surface area contributed by atoms with Crippen LogP contribution in [-0.2, 0) is 9.53 Å². The summed E-state index contributed by atoms with van der Waals surface area (Å²) in [7, 11) is 0. The van der Waals surface area contributed by atoms with Gasteiger partial charge in [-0.3, -0.25) is 9.69 Å².